The van der Waals surface area contributed by atoms with E-state index in [1.165, 1.54) is 42.4 Å². The molecule has 0 aromatic carbocycles. The molecule has 2 rings (SSSR count). The average Bonchev–Trinajstić information content (AvgIpc) is 2.77. The Morgan fingerprint density at radius 3 is 2.78 bits per heavy atom. The monoisotopic (exact) mass is 329 g/mol. The summed E-state index contributed by atoms with van der Waals surface area (Å²) in [5, 5.41) is 3.39. The van der Waals surface area contributed by atoms with Gasteiger partial charge in [0.2, 0.25) is 0 Å². The maximum absolute atomic E-state index is 3.57. The summed E-state index contributed by atoms with van der Waals surface area (Å²) in [6.07, 6.45) is 6.92. The van der Waals surface area contributed by atoms with Crippen molar-refractivity contribution in [3.05, 3.63) is 20.8 Å². The number of rotatable bonds is 5. The first-order valence-electron chi connectivity index (χ1n) is 7.11. The summed E-state index contributed by atoms with van der Waals surface area (Å²) in [5.74, 6) is 2.71. The second-order valence-corrected chi connectivity index (χ2v) is 8.12. The number of nitrogens with one attached hydrogen (secondary N) is 1. The topological polar surface area (TPSA) is 12.0 Å². The van der Waals surface area contributed by atoms with Gasteiger partial charge in [-0.25, -0.2) is 0 Å². The van der Waals surface area contributed by atoms with Gasteiger partial charge in [-0.05, 0) is 78.7 Å². The fourth-order valence-electron chi connectivity index (χ4n) is 3.30. The Balaban J connectivity index is 2.00. The van der Waals surface area contributed by atoms with Crippen molar-refractivity contribution >= 4 is 27.3 Å². The Morgan fingerprint density at radius 2 is 2.17 bits per heavy atom. The van der Waals surface area contributed by atoms with Crippen LogP contribution in [-0.2, 0) is 6.42 Å². The molecule has 1 saturated carbocycles. The van der Waals surface area contributed by atoms with E-state index in [4.69, 9.17) is 0 Å². The standard InChI is InChI=1S/C15H24BrNS/c1-3-11-4-5-12(10-17-2)13(8-11)9-14-6-7-15(16)18-14/h6-7,11-13,17H,3-5,8-10H2,1-2H3. The number of hydrogen-bond donors (Lipinski definition) is 1. The largest absolute Gasteiger partial charge is 0.319 e. The summed E-state index contributed by atoms with van der Waals surface area (Å²) >= 11 is 5.48. The SMILES string of the molecule is CCC1CCC(CNC)C(Cc2ccc(Br)s2)C1. The van der Waals surface area contributed by atoms with Gasteiger partial charge in [0.25, 0.3) is 0 Å². The highest BCUT2D eigenvalue weighted by Crippen LogP contribution is 2.38. The van der Waals surface area contributed by atoms with Crippen LogP contribution in [0.2, 0.25) is 0 Å². The van der Waals surface area contributed by atoms with Crippen molar-refractivity contribution in [2.75, 3.05) is 13.6 Å². The highest BCUT2D eigenvalue weighted by Gasteiger charge is 2.29. The van der Waals surface area contributed by atoms with Crippen molar-refractivity contribution in [2.24, 2.45) is 17.8 Å². The van der Waals surface area contributed by atoms with Crippen molar-refractivity contribution in [3.63, 3.8) is 0 Å². The van der Waals surface area contributed by atoms with Gasteiger partial charge in [0, 0.05) is 4.88 Å². The summed E-state index contributed by atoms with van der Waals surface area (Å²) in [7, 11) is 2.09. The Morgan fingerprint density at radius 1 is 1.33 bits per heavy atom. The molecule has 0 radical (unpaired) electrons. The minimum absolute atomic E-state index is 0.874. The van der Waals surface area contributed by atoms with Crippen LogP contribution in [0.1, 0.15) is 37.5 Å². The van der Waals surface area contributed by atoms with Crippen LogP contribution in [0.3, 0.4) is 0 Å². The third-order valence-corrected chi connectivity index (χ3v) is 6.03. The molecule has 0 amide bonds. The van der Waals surface area contributed by atoms with E-state index in [1.54, 1.807) is 4.88 Å². The van der Waals surface area contributed by atoms with E-state index in [2.05, 4.69) is 47.4 Å². The van der Waals surface area contributed by atoms with E-state index >= 15 is 0 Å². The zero-order valence-electron chi connectivity index (χ0n) is 11.4. The Hall–Kier alpha value is 0.140. The fourth-order valence-corrected chi connectivity index (χ4v) is 4.87. The highest BCUT2D eigenvalue weighted by atomic mass is 79.9. The fraction of sp³-hybridized carbons (Fsp3) is 0.733. The highest BCUT2D eigenvalue weighted by molar-refractivity contribution is 9.11. The second-order valence-electron chi connectivity index (χ2n) is 5.58. The van der Waals surface area contributed by atoms with Gasteiger partial charge in [-0.15, -0.1) is 11.3 Å². The first-order chi connectivity index (χ1) is 8.72. The molecule has 0 saturated heterocycles. The molecule has 3 unspecified atom stereocenters. The third-order valence-electron chi connectivity index (χ3n) is 4.38. The first-order valence-corrected chi connectivity index (χ1v) is 8.72. The van der Waals surface area contributed by atoms with Gasteiger partial charge in [0.05, 0.1) is 3.79 Å². The van der Waals surface area contributed by atoms with E-state index < -0.39 is 0 Å². The van der Waals surface area contributed by atoms with Crippen molar-refractivity contribution in [1.29, 1.82) is 0 Å². The van der Waals surface area contributed by atoms with E-state index in [0.29, 0.717) is 0 Å². The van der Waals surface area contributed by atoms with Crippen LogP contribution in [0.25, 0.3) is 0 Å². The lowest BCUT2D eigenvalue weighted by atomic mass is 9.71. The van der Waals surface area contributed by atoms with Crippen LogP contribution >= 0.6 is 27.3 Å². The average molecular weight is 330 g/mol. The third kappa shape index (κ3) is 3.82. The molecular weight excluding hydrogens is 306 g/mol. The summed E-state index contributed by atoms with van der Waals surface area (Å²) in [6.45, 7) is 3.54. The lowest BCUT2D eigenvalue weighted by Gasteiger charge is -2.36. The van der Waals surface area contributed by atoms with Gasteiger partial charge < -0.3 is 5.32 Å². The molecular formula is C15H24BrNS. The lowest BCUT2D eigenvalue weighted by molar-refractivity contribution is 0.174. The van der Waals surface area contributed by atoms with Crippen LogP contribution in [0.4, 0.5) is 0 Å². The number of hydrogen-bond acceptors (Lipinski definition) is 2. The minimum Gasteiger partial charge on any atom is -0.319 e. The summed E-state index contributed by atoms with van der Waals surface area (Å²) in [6, 6.07) is 4.48. The van der Waals surface area contributed by atoms with E-state index in [-0.39, 0.29) is 0 Å². The Labute approximate surface area is 123 Å². The molecule has 1 aromatic heterocycles. The molecule has 1 fully saturated rings. The van der Waals surface area contributed by atoms with Crippen LogP contribution in [0, 0.1) is 17.8 Å². The summed E-state index contributed by atoms with van der Waals surface area (Å²) < 4.78 is 1.27. The molecule has 3 heteroatoms. The lowest BCUT2D eigenvalue weighted by Crippen LogP contribution is -2.32. The quantitative estimate of drug-likeness (QED) is 0.824. The molecule has 1 N–H and O–H groups in total. The molecule has 1 aliphatic rings. The smallest absolute Gasteiger partial charge is 0.0701 e. The second kappa shape index (κ2) is 7.06. The molecule has 18 heavy (non-hydrogen) atoms. The van der Waals surface area contributed by atoms with Crippen molar-refractivity contribution in [2.45, 2.75) is 39.0 Å². The zero-order valence-corrected chi connectivity index (χ0v) is 13.8. The van der Waals surface area contributed by atoms with Crippen LogP contribution < -0.4 is 5.32 Å². The predicted molar refractivity (Wildman–Crippen MR) is 84.3 cm³/mol. The van der Waals surface area contributed by atoms with Gasteiger partial charge in [0.15, 0.2) is 0 Å². The van der Waals surface area contributed by atoms with Gasteiger partial charge >= 0.3 is 0 Å². The molecule has 0 bridgehead atoms. The molecule has 1 aromatic rings. The summed E-state index contributed by atoms with van der Waals surface area (Å²) in [5.41, 5.74) is 0. The maximum Gasteiger partial charge on any atom is 0.0701 e. The van der Waals surface area contributed by atoms with Crippen molar-refractivity contribution in [1.82, 2.24) is 5.32 Å². The maximum atomic E-state index is 3.57. The zero-order chi connectivity index (χ0) is 13.0. The van der Waals surface area contributed by atoms with E-state index in [9.17, 15) is 0 Å². The van der Waals surface area contributed by atoms with Crippen molar-refractivity contribution < 1.29 is 0 Å². The van der Waals surface area contributed by atoms with Gasteiger partial charge in [-0.1, -0.05) is 19.8 Å². The molecule has 0 aliphatic heterocycles. The van der Waals surface area contributed by atoms with Gasteiger partial charge in [-0.3, -0.25) is 0 Å². The van der Waals surface area contributed by atoms with Crippen LogP contribution in [0.5, 0.6) is 0 Å². The van der Waals surface area contributed by atoms with Crippen LogP contribution in [-0.4, -0.2) is 13.6 Å². The predicted octanol–water partition coefficient (Wildman–Crippen LogP) is 4.72. The van der Waals surface area contributed by atoms with Gasteiger partial charge in [-0.2, -0.15) is 0 Å². The van der Waals surface area contributed by atoms with E-state index in [0.717, 1.165) is 17.8 Å². The number of thiophene rings is 1. The minimum atomic E-state index is 0.874. The molecule has 3 atom stereocenters. The van der Waals surface area contributed by atoms with Crippen molar-refractivity contribution in [3.8, 4) is 0 Å². The first kappa shape index (κ1) is 14.5. The number of halogens is 1. The molecule has 0 spiro atoms. The molecule has 1 aliphatic carbocycles. The Bertz CT molecular complexity index is 363. The Kier molecular flexibility index (Phi) is 5.71. The summed E-state index contributed by atoms with van der Waals surface area (Å²) in [4.78, 5) is 1.55. The molecule has 1 nitrogen and oxygen atoms in total. The normalized spacial score (nSPS) is 28.5. The molecule has 1 heterocycles. The van der Waals surface area contributed by atoms with E-state index in [1.807, 2.05) is 11.3 Å². The molecule has 102 valence electrons. The van der Waals surface area contributed by atoms with Crippen LogP contribution in [0.15, 0.2) is 15.9 Å². The van der Waals surface area contributed by atoms with Gasteiger partial charge in [0.1, 0.15) is 0 Å².